The quantitative estimate of drug-likeness (QED) is 0.925. The number of benzene rings is 2. The van der Waals surface area contributed by atoms with Gasteiger partial charge in [0.2, 0.25) is 0 Å². The number of nitriles is 1. The molecular formula is C17H15BrN2O. The predicted molar refractivity (Wildman–Crippen MR) is 85.1 cm³/mol. The van der Waals surface area contributed by atoms with E-state index in [1.165, 1.54) is 11.1 Å². The van der Waals surface area contributed by atoms with Crippen molar-refractivity contribution in [2.45, 2.75) is 19.1 Å². The predicted octanol–water partition coefficient (Wildman–Crippen LogP) is 3.41. The van der Waals surface area contributed by atoms with Gasteiger partial charge in [-0.15, -0.1) is 0 Å². The highest BCUT2D eigenvalue weighted by Gasteiger charge is 2.22. The molecule has 4 heteroatoms. The molecule has 0 aromatic heterocycles. The first kappa shape index (κ1) is 14.1. The molecule has 0 spiro atoms. The summed E-state index contributed by atoms with van der Waals surface area (Å²) in [4.78, 5) is 0. The molecule has 0 amide bonds. The van der Waals surface area contributed by atoms with Crippen LogP contribution in [0.4, 0.5) is 0 Å². The lowest BCUT2D eigenvalue weighted by molar-refractivity contribution is 0.227. The lowest BCUT2D eigenvalue weighted by Crippen LogP contribution is -2.29. The van der Waals surface area contributed by atoms with Gasteiger partial charge in [0.05, 0.1) is 11.6 Å². The fourth-order valence-corrected chi connectivity index (χ4v) is 2.89. The van der Waals surface area contributed by atoms with E-state index in [2.05, 4.69) is 33.4 Å². The average Bonchev–Trinajstić information content (AvgIpc) is 2.89. The van der Waals surface area contributed by atoms with Crippen LogP contribution in [0.3, 0.4) is 0 Å². The minimum atomic E-state index is 0.188. The molecule has 1 unspecified atom stereocenters. The molecule has 3 rings (SSSR count). The van der Waals surface area contributed by atoms with Crippen molar-refractivity contribution in [1.29, 1.82) is 5.26 Å². The van der Waals surface area contributed by atoms with Crippen LogP contribution in [0.15, 0.2) is 46.9 Å². The summed E-state index contributed by atoms with van der Waals surface area (Å²) >= 11 is 3.49. The number of hydrogen-bond acceptors (Lipinski definition) is 3. The summed E-state index contributed by atoms with van der Waals surface area (Å²) in [6, 6.07) is 15.9. The van der Waals surface area contributed by atoms with E-state index in [0.717, 1.165) is 29.7 Å². The van der Waals surface area contributed by atoms with E-state index in [4.69, 9.17) is 10.00 Å². The van der Waals surface area contributed by atoms with Gasteiger partial charge in [0.1, 0.15) is 11.9 Å². The third-order valence-corrected chi connectivity index (χ3v) is 4.04. The molecule has 1 aliphatic rings. The summed E-state index contributed by atoms with van der Waals surface area (Å²) in [6.07, 6.45) is 1.13. The molecule has 21 heavy (non-hydrogen) atoms. The summed E-state index contributed by atoms with van der Waals surface area (Å²) < 4.78 is 7.00. The molecule has 0 saturated heterocycles. The fourth-order valence-electron chi connectivity index (χ4n) is 2.48. The zero-order chi connectivity index (χ0) is 14.7. The van der Waals surface area contributed by atoms with Crippen LogP contribution in [0.2, 0.25) is 0 Å². The number of halogens is 1. The second kappa shape index (κ2) is 6.30. The first-order chi connectivity index (χ1) is 10.2. The maximum atomic E-state index is 8.77. The maximum Gasteiger partial charge on any atom is 0.123 e. The molecule has 2 aromatic rings. The Morgan fingerprint density at radius 2 is 2.05 bits per heavy atom. The Balaban J connectivity index is 1.50. The zero-order valence-corrected chi connectivity index (χ0v) is 13.1. The number of ether oxygens (including phenoxy) is 1. The largest absolute Gasteiger partial charge is 0.488 e. The minimum absolute atomic E-state index is 0.188. The molecule has 1 N–H and O–H groups in total. The Hall–Kier alpha value is -1.83. The van der Waals surface area contributed by atoms with Gasteiger partial charge in [-0.05, 0) is 41.5 Å². The van der Waals surface area contributed by atoms with E-state index < -0.39 is 0 Å². The molecule has 0 aliphatic carbocycles. The highest BCUT2D eigenvalue weighted by atomic mass is 79.9. The van der Waals surface area contributed by atoms with Crippen LogP contribution in [0.1, 0.15) is 16.7 Å². The number of hydrogen-bond donors (Lipinski definition) is 1. The topological polar surface area (TPSA) is 45.0 Å². The van der Waals surface area contributed by atoms with Gasteiger partial charge < -0.3 is 10.1 Å². The Morgan fingerprint density at radius 3 is 2.81 bits per heavy atom. The Morgan fingerprint density at radius 1 is 1.24 bits per heavy atom. The van der Waals surface area contributed by atoms with Crippen molar-refractivity contribution >= 4 is 15.9 Å². The SMILES string of the molecule is N#Cc1ccc(CNCC2Cc3cc(Br)ccc3O2)cc1. The maximum absolute atomic E-state index is 8.77. The van der Waals surface area contributed by atoms with E-state index in [1.807, 2.05) is 36.4 Å². The van der Waals surface area contributed by atoms with Gasteiger partial charge in [0, 0.05) is 24.0 Å². The van der Waals surface area contributed by atoms with Crippen molar-refractivity contribution in [3.05, 3.63) is 63.6 Å². The molecule has 106 valence electrons. The van der Waals surface area contributed by atoms with Crippen LogP contribution >= 0.6 is 15.9 Å². The second-order valence-corrected chi connectivity index (χ2v) is 6.05. The molecule has 3 nitrogen and oxygen atoms in total. The summed E-state index contributed by atoms with van der Waals surface area (Å²) in [5.41, 5.74) is 3.13. The Bertz CT molecular complexity index is 676. The zero-order valence-electron chi connectivity index (χ0n) is 11.5. The van der Waals surface area contributed by atoms with Crippen LogP contribution in [0, 0.1) is 11.3 Å². The third kappa shape index (κ3) is 3.44. The normalized spacial score (nSPS) is 16.1. The van der Waals surface area contributed by atoms with E-state index in [1.54, 1.807) is 0 Å². The van der Waals surface area contributed by atoms with E-state index in [-0.39, 0.29) is 6.10 Å². The van der Waals surface area contributed by atoms with Crippen LogP contribution in [0.25, 0.3) is 0 Å². The summed E-state index contributed by atoms with van der Waals surface area (Å²) in [7, 11) is 0. The lowest BCUT2D eigenvalue weighted by atomic mass is 10.1. The monoisotopic (exact) mass is 342 g/mol. The highest BCUT2D eigenvalue weighted by Crippen LogP contribution is 2.30. The van der Waals surface area contributed by atoms with E-state index in [9.17, 15) is 0 Å². The number of nitrogens with one attached hydrogen (secondary N) is 1. The smallest absolute Gasteiger partial charge is 0.123 e. The third-order valence-electron chi connectivity index (χ3n) is 3.55. The van der Waals surface area contributed by atoms with Gasteiger partial charge in [0.15, 0.2) is 0 Å². The van der Waals surface area contributed by atoms with Crippen LogP contribution in [-0.2, 0) is 13.0 Å². The molecule has 1 heterocycles. The summed E-state index contributed by atoms with van der Waals surface area (Å²) in [5.74, 6) is 0.989. The molecule has 2 aromatic carbocycles. The molecule has 1 atom stereocenters. The first-order valence-electron chi connectivity index (χ1n) is 6.89. The van der Waals surface area contributed by atoms with Crippen LogP contribution in [0.5, 0.6) is 5.75 Å². The van der Waals surface area contributed by atoms with Gasteiger partial charge in [-0.2, -0.15) is 5.26 Å². The van der Waals surface area contributed by atoms with E-state index in [0.29, 0.717) is 5.56 Å². The first-order valence-corrected chi connectivity index (χ1v) is 7.69. The average molecular weight is 343 g/mol. The van der Waals surface area contributed by atoms with Crippen LogP contribution < -0.4 is 10.1 Å². The standard InChI is InChI=1S/C17H15BrN2O/c18-15-5-6-17-14(7-15)8-16(21-17)11-20-10-13-3-1-12(9-19)2-4-13/h1-7,16,20H,8,10-11H2. The number of nitrogens with zero attached hydrogens (tertiary/aromatic N) is 1. The number of fused-ring (bicyclic) bond motifs is 1. The molecule has 0 fully saturated rings. The molecule has 0 saturated carbocycles. The van der Waals surface area contributed by atoms with Gasteiger partial charge in [-0.25, -0.2) is 0 Å². The molecular weight excluding hydrogens is 328 g/mol. The number of rotatable bonds is 4. The van der Waals surface area contributed by atoms with Crippen molar-refractivity contribution in [3.63, 3.8) is 0 Å². The second-order valence-electron chi connectivity index (χ2n) is 5.14. The van der Waals surface area contributed by atoms with Gasteiger partial charge >= 0.3 is 0 Å². The van der Waals surface area contributed by atoms with Crippen molar-refractivity contribution in [2.75, 3.05) is 6.54 Å². The molecule has 1 aliphatic heterocycles. The van der Waals surface area contributed by atoms with Gasteiger partial charge in [-0.1, -0.05) is 28.1 Å². The Labute approximate surface area is 132 Å². The molecule has 0 radical (unpaired) electrons. The van der Waals surface area contributed by atoms with E-state index >= 15 is 0 Å². The Kier molecular flexibility index (Phi) is 4.23. The summed E-state index contributed by atoms with van der Waals surface area (Å²) in [5, 5.41) is 12.2. The highest BCUT2D eigenvalue weighted by molar-refractivity contribution is 9.10. The van der Waals surface area contributed by atoms with Crippen molar-refractivity contribution in [1.82, 2.24) is 5.32 Å². The lowest BCUT2D eigenvalue weighted by Gasteiger charge is -2.12. The molecule has 0 bridgehead atoms. The van der Waals surface area contributed by atoms with Gasteiger partial charge in [0.25, 0.3) is 0 Å². The van der Waals surface area contributed by atoms with Gasteiger partial charge in [-0.3, -0.25) is 0 Å². The summed E-state index contributed by atoms with van der Waals surface area (Å²) in [6.45, 7) is 1.60. The fraction of sp³-hybridized carbons (Fsp3) is 0.235. The van der Waals surface area contributed by atoms with Crippen LogP contribution in [-0.4, -0.2) is 12.6 Å². The minimum Gasteiger partial charge on any atom is -0.488 e. The van der Waals surface area contributed by atoms with Crippen molar-refractivity contribution < 1.29 is 4.74 Å². The van der Waals surface area contributed by atoms with Crippen molar-refractivity contribution in [3.8, 4) is 11.8 Å². The van der Waals surface area contributed by atoms with Crippen molar-refractivity contribution in [2.24, 2.45) is 0 Å².